The third-order valence-corrected chi connectivity index (χ3v) is 4.39. The minimum absolute atomic E-state index is 0.264. The van der Waals surface area contributed by atoms with Gasteiger partial charge in [0.1, 0.15) is 12.3 Å². The fraction of sp³-hybridized carbons (Fsp3) is 0.471. The molecule has 2 heterocycles. The summed E-state index contributed by atoms with van der Waals surface area (Å²) in [4.78, 5) is 38.9. The number of cyclic esters (lactones) is 1. The lowest BCUT2D eigenvalue weighted by Gasteiger charge is -2.30. The second-order valence-electron chi connectivity index (χ2n) is 6.47. The summed E-state index contributed by atoms with van der Waals surface area (Å²) in [5, 5.41) is 0. The molecule has 7 nitrogen and oxygen atoms in total. The predicted octanol–water partition coefficient (Wildman–Crippen LogP) is 1.34. The van der Waals surface area contributed by atoms with E-state index in [1.165, 1.54) is 13.8 Å². The summed E-state index contributed by atoms with van der Waals surface area (Å²) < 4.78 is 10.2. The lowest BCUT2D eigenvalue weighted by molar-refractivity contribution is -0.140. The number of fused-ring (bicyclic) bond motifs is 1. The number of methoxy groups -OCH3 is 1. The number of hydrogen-bond donors (Lipinski definition) is 0. The Bertz CT molecular complexity index is 713. The van der Waals surface area contributed by atoms with Crippen molar-refractivity contribution in [1.29, 1.82) is 0 Å². The molecule has 128 valence electrons. The molecule has 7 heteroatoms. The van der Waals surface area contributed by atoms with Crippen LogP contribution in [0.4, 0.5) is 4.79 Å². The average Bonchev–Trinajstić information content (AvgIpc) is 2.75. The van der Waals surface area contributed by atoms with Crippen LogP contribution in [0.15, 0.2) is 18.2 Å². The number of hydrogen-bond acceptors (Lipinski definition) is 5. The summed E-state index contributed by atoms with van der Waals surface area (Å²) >= 11 is 0. The van der Waals surface area contributed by atoms with Gasteiger partial charge in [0.2, 0.25) is 5.91 Å². The molecular weight excluding hydrogens is 312 g/mol. The van der Waals surface area contributed by atoms with Crippen molar-refractivity contribution in [1.82, 2.24) is 9.80 Å². The highest BCUT2D eigenvalue weighted by Crippen LogP contribution is 2.26. The molecule has 0 saturated carbocycles. The van der Waals surface area contributed by atoms with Crippen LogP contribution in [0, 0.1) is 0 Å². The van der Waals surface area contributed by atoms with Gasteiger partial charge in [-0.2, -0.15) is 0 Å². The lowest BCUT2D eigenvalue weighted by Crippen LogP contribution is -2.45. The molecule has 3 rings (SSSR count). The van der Waals surface area contributed by atoms with Crippen LogP contribution in [-0.4, -0.2) is 53.5 Å². The van der Waals surface area contributed by atoms with Crippen molar-refractivity contribution in [2.45, 2.75) is 32.4 Å². The molecule has 0 bridgehead atoms. The van der Waals surface area contributed by atoms with E-state index in [0.717, 1.165) is 21.8 Å². The van der Waals surface area contributed by atoms with Crippen LogP contribution >= 0.6 is 0 Å². The largest absolute Gasteiger partial charge is 0.497 e. The van der Waals surface area contributed by atoms with Crippen LogP contribution in [0.5, 0.6) is 5.75 Å². The molecule has 0 spiro atoms. The summed E-state index contributed by atoms with van der Waals surface area (Å²) in [5.74, 6) is 0.0450. The number of ether oxygens (including phenoxy) is 2. The van der Waals surface area contributed by atoms with Crippen LogP contribution in [0.2, 0.25) is 0 Å². The van der Waals surface area contributed by atoms with Gasteiger partial charge in [0.25, 0.3) is 5.91 Å². The molecule has 2 aliphatic rings. The highest BCUT2D eigenvalue weighted by atomic mass is 16.6. The zero-order valence-electron chi connectivity index (χ0n) is 14.0. The first-order valence-corrected chi connectivity index (χ1v) is 7.80. The molecule has 3 amide bonds. The van der Waals surface area contributed by atoms with Crippen molar-refractivity contribution in [3.63, 3.8) is 0 Å². The van der Waals surface area contributed by atoms with E-state index < -0.39 is 17.6 Å². The first kappa shape index (κ1) is 16.3. The molecule has 1 fully saturated rings. The van der Waals surface area contributed by atoms with Gasteiger partial charge in [-0.25, -0.2) is 9.69 Å². The SMILES string of the molecule is COc1ccc2c(c1)CCN(C(=O)CN1C(=O)OC(C)(C)C1=O)C2. The Kier molecular flexibility index (Phi) is 3.95. The van der Waals surface area contributed by atoms with E-state index >= 15 is 0 Å². The third-order valence-electron chi connectivity index (χ3n) is 4.39. The smallest absolute Gasteiger partial charge is 0.418 e. The molecule has 24 heavy (non-hydrogen) atoms. The molecule has 1 saturated heterocycles. The average molecular weight is 332 g/mol. The van der Waals surface area contributed by atoms with Gasteiger partial charge in [0.15, 0.2) is 5.60 Å². The molecule has 2 aliphatic heterocycles. The van der Waals surface area contributed by atoms with Gasteiger partial charge >= 0.3 is 6.09 Å². The standard InChI is InChI=1S/C17H20N2O5/c1-17(2)15(21)19(16(22)24-17)10-14(20)18-7-6-11-8-13(23-3)5-4-12(11)9-18/h4-5,8H,6-7,9-10H2,1-3H3. The van der Waals surface area contributed by atoms with E-state index in [9.17, 15) is 14.4 Å². The number of carbonyl (C=O) groups excluding carboxylic acids is 3. The van der Waals surface area contributed by atoms with E-state index in [1.807, 2.05) is 18.2 Å². The second kappa shape index (κ2) is 5.81. The number of imide groups is 1. The van der Waals surface area contributed by atoms with Gasteiger partial charge in [0.05, 0.1) is 7.11 Å². The van der Waals surface area contributed by atoms with Gasteiger partial charge in [-0.3, -0.25) is 9.59 Å². The number of benzene rings is 1. The van der Waals surface area contributed by atoms with Gasteiger partial charge in [-0.05, 0) is 43.5 Å². The molecule has 0 aromatic heterocycles. The number of rotatable bonds is 3. The molecular formula is C17H20N2O5. The van der Waals surface area contributed by atoms with E-state index in [0.29, 0.717) is 19.5 Å². The second-order valence-corrected chi connectivity index (χ2v) is 6.47. The van der Waals surface area contributed by atoms with Crippen LogP contribution < -0.4 is 4.74 Å². The lowest BCUT2D eigenvalue weighted by atomic mass is 9.99. The van der Waals surface area contributed by atoms with Crippen molar-refractivity contribution >= 4 is 17.9 Å². The van der Waals surface area contributed by atoms with E-state index in [2.05, 4.69) is 0 Å². The Morgan fingerprint density at radius 3 is 2.67 bits per heavy atom. The van der Waals surface area contributed by atoms with E-state index in [4.69, 9.17) is 9.47 Å². The number of carbonyl (C=O) groups is 3. The Labute approximate surface area is 140 Å². The molecule has 1 aromatic rings. The summed E-state index contributed by atoms with van der Waals surface area (Å²) in [7, 11) is 1.62. The fourth-order valence-electron chi connectivity index (χ4n) is 2.97. The van der Waals surface area contributed by atoms with Crippen molar-refractivity contribution in [3.8, 4) is 5.75 Å². The maximum absolute atomic E-state index is 12.5. The quantitative estimate of drug-likeness (QED) is 0.835. The Hall–Kier alpha value is -2.57. The van der Waals surface area contributed by atoms with Crippen LogP contribution in [0.1, 0.15) is 25.0 Å². The summed E-state index contributed by atoms with van der Waals surface area (Å²) in [6.45, 7) is 3.75. The van der Waals surface area contributed by atoms with Crippen molar-refractivity contribution < 1.29 is 23.9 Å². The van der Waals surface area contributed by atoms with Gasteiger partial charge in [-0.1, -0.05) is 6.07 Å². The summed E-state index contributed by atoms with van der Waals surface area (Å²) in [6, 6.07) is 5.77. The zero-order valence-corrected chi connectivity index (χ0v) is 14.0. The van der Waals surface area contributed by atoms with Crippen molar-refractivity contribution in [2.75, 3.05) is 20.2 Å². The monoisotopic (exact) mass is 332 g/mol. The number of amides is 3. The Morgan fingerprint density at radius 2 is 2.04 bits per heavy atom. The first-order valence-electron chi connectivity index (χ1n) is 7.80. The zero-order chi connectivity index (χ0) is 17.5. The highest BCUT2D eigenvalue weighted by molar-refractivity contribution is 6.04. The predicted molar refractivity (Wildman–Crippen MR) is 84.4 cm³/mol. The summed E-state index contributed by atoms with van der Waals surface area (Å²) in [5.41, 5.74) is 0.991. The van der Waals surface area contributed by atoms with Gasteiger partial charge in [-0.15, -0.1) is 0 Å². The van der Waals surface area contributed by atoms with Gasteiger partial charge < -0.3 is 14.4 Å². The molecule has 0 unspecified atom stereocenters. The molecule has 0 atom stereocenters. The van der Waals surface area contributed by atoms with Crippen molar-refractivity contribution in [2.24, 2.45) is 0 Å². The Morgan fingerprint density at radius 1 is 1.29 bits per heavy atom. The summed E-state index contributed by atoms with van der Waals surface area (Å²) in [6.07, 6.45) is -0.0530. The third kappa shape index (κ3) is 2.81. The van der Waals surface area contributed by atoms with Crippen LogP contribution in [0.25, 0.3) is 0 Å². The topological polar surface area (TPSA) is 76.2 Å². The fourth-order valence-corrected chi connectivity index (χ4v) is 2.97. The van der Waals surface area contributed by atoms with E-state index in [1.54, 1.807) is 12.0 Å². The molecule has 0 radical (unpaired) electrons. The van der Waals surface area contributed by atoms with Crippen molar-refractivity contribution in [3.05, 3.63) is 29.3 Å². The van der Waals surface area contributed by atoms with E-state index in [-0.39, 0.29) is 12.5 Å². The minimum Gasteiger partial charge on any atom is -0.497 e. The maximum atomic E-state index is 12.5. The molecule has 0 aliphatic carbocycles. The minimum atomic E-state index is -1.21. The molecule has 1 aromatic carbocycles. The Balaban J connectivity index is 1.69. The first-order chi connectivity index (χ1) is 11.3. The maximum Gasteiger partial charge on any atom is 0.418 e. The van der Waals surface area contributed by atoms with Crippen LogP contribution in [0.3, 0.4) is 0 Å². The number of nitrogens with zero attached hydrogens (tertiary/aromatic N) is 2. The van der Waals surface area contributed by atoms with Crippen LogP contribution in [-0.2, 0) is 27.3 Å². The highest BCUT2D eigenvalue weighted by Gasteiger charge is 2.48. The van der Waals surface area contributed by atoms with Gasteiger partial charge in [0, 0.05) is 13.1 Å². The molecule has 0 N–H and O–H groups in total. The normalized spacial score (nSPS) is 19.1.